The molecule has 2 aromatic rings. The minimum absolute atomic E-state index is 0.230. The number of aryl methyl sites for hydroxylation is 1. The second-order valence-electron chi connectivity index (χ2n) is 8.33. The van der Waals surface area contributed by atoms with Gasteiger partial charge < -0.3 is 14.4 Å². The van der Waals surface area contributed by atoms with Crippen LogP contribution in [0.3, 0.4) is 0 Å². The molecule has 0 spiro atoms. The van der Waals surface area contributed by atoms with Crippen molar-refractivity contribution >= 4 is 17.0 Å². The lowest BCUT2D eigenvalue weighted by atomic mass is 10.1. The molecular weight excluding hydrogens is 342 g/mol. The number of amides is 1. The number of carbonyl (C=O) groups excluding carboxylic acids is 1. The van der Waals surface area contributed by atoms with Crippen LogP contribution >= 0.6 is 0 Å². The molecule has 1 unspecified atom stereocenters. The number of ether oxygens (including phenoxy) is 2. The number of hydrogen-bond donors (Lipinski definition) is 0. The molecule has 1 heterocycles. The van der Waals surface area contributed by atoms with Gasteiger partial charge in [0.1, 0.15) is 6.10 Å². The summed E-state index contributed by atoms with van der Waals surface area (Å²) in [6.07, 6.45) is 4.36. The monoisotopic (exact) mass is 373 g/mol. The molecule has 3 rings (SSSR count). The Morgan fingerprint density at radius 3 is 2.74 bits per heavy atom. The van der Waals surface area contributed by atoms with Crippen LogP contribution in [0.5, 0.6) is 0 Å². The molecule has 1 saturated carbocycles. The van der Waals surface area contributed by atoms with E-state index in [1.807, 2.05) is 34.8 Å². The van der Waals surface area contributed by atoms with Gasteiger partial charge in [-0.1, -0.05) is 12.1 Å². The van der Waals surface area contributed by atoms with Crippen molar-refractivity contribution in [2.75, 3.05) is 13.7 Å². The Balaban J connectivity index is 1.74. The predicted molar refractivity (Wildman–Crippen MR) is 106 cm³/mol. The van der Waals surface area contributed by atoms with Gasteiger partial charge in [0, 0.05) is 37.2 Å². The van der Waals surface area contributed by atoms with Gasteiger partial charge in [-0.3, -0.25) is 4.68 Å². The Bertz CT molecular complexity index is 790. The van der Waals surface area contributed by atoms with Gasteiger partial charge in [-0.05, 0) is 58.6 Å². The third kappa shape index (κ3) is 4.61. The normalized spacial score (nSPS) is 15.7. The minimum Gasteiger partial charge on any atom is -0.441 e. The molecule has 1 aromatic carbocycles. The van der Waals surface area contributed by atoms with Crippen LogP contribution in [0.15, 0.2) is 24.4 Å². The first-order chi connectivity index (χ1) is 12.8. The average molecular weight is 373 g/mol. The van der Waals surface area contributed by atoms with Gasteiger partial charge in [0.15, 0.2) is 0 Å². The molecule has 1 atom stereocenters. The van der Waals surface area contributed by atoms with E-state index in [9.17, 15) is 4.79 Å². The van der Waals surface area contributed by atoms with Gasteiger partial charge in [0.2, 0.25) is 0 Å². The van der Waals surface area contributed by atoms with E-state index in [-0.39, 0.29) is 17.7 Å². The summed E-state index contributed by atoms with van der Waals surface area (Å²) in [7, 11) is 1.71. The van der Waals surface area contributed by atoms with Crippen molar-refractivity contribution in [1.29, 1.82) is 0 Å². The lowest BCUT2D eigenvalue weighted by Crippen LogP contribution is -2.47. The number of methoxy groups -OCH3 is 1. The van der Waals surface area contributed by atoms with Crippen molar-refractivity contribution in [2.45, 2.75) is 71.2 Å². The van der Waals surface area contributed by atoms with Crippen LogP contribution < -0.4 is 0 Å². The molecular formula is C21H31N3O3. The van der Waals surface area contributed by atoms with Crippen LogP contribution in [0.4, 0.5) is 4.79 Å². The van der Waals surface area contributed by atoms with Gasteiger partial charge in [0.05, 0.1) is 11.7 Å². The van der Waals surface area contributed by atoms with Crippen molar-refractivity contribution in [3.05, 3.63) is 30.0 Å². The van der Waals surface area contributed by atoms with E-state index in [1.54, 1.807) is 7.11 Å². The maximum Gasteiger partial charge on any atom is 0.411 e. The summed E-state index contributed by atoms with van der Waals surface area (Å²) in [6, 6.07) is 6.44. The zero-order valence-corrected chi connectivity index (χ0v) is 17.1. The highest BCUT2D eigenvalue weighted by atomic mass is 16.6. The molecule has 1 aliphatic carbocycles. The van der Waals surface area contributed by atoms with Crippen molar-refractivity contribution in [3.8, 4) is 0 Å². The fourth-order valence-electron chi connectivity index (χ4n) is 3.46. The van der Waals surface area contributed by atoms with Crippen molar-refractivity contribution in [2.24, 2.45) is 0 Å². The second-order valence-corrected chi connectivity index (χ2v) is 8.33. The van der Waals surface area contributed by atoms with E-state index in [2.05, 4.69) is 31.9 Å². The van der Waals surface area contributed by atoms with Gasteiger partial charge in [-0.2, -0.15) is 5.10 Å². The summed E-state index contributed by atoms with van der Waals surface area (Å²) in [5, 5.41) is 5.55. The predicted octanol–water partition coefficient (Wildman–Crippen LogP) is 4.53. The van der Waals surface area contributed by atoms with Gasteiger partial charge >= 0.3 is 6.09 Å². The first-order valence-corrected chi connectivity index (χ1v) is 9.75. The minimum atomic E-state index is -0.312. The second kappa shape index (κ2) is 7.89. The zero-order chi connectivity index (χ0) is 19.6. The third-order valence-electron chi connectivity index (χ3n) is 4.97. The summed E-state index contributed by atoms with van der Waals surface area (Å²) < 4.78 is 12.9. The number of fused-ring (bicyclic) bond motifs is 1. The Hall–Kier alpha value is -2.08. The Morgan fingerprint density at radius 1 is 1.37 bits per heavy atom. The number of hydrogen-bond acceptors (Lipinski definition) is 4. The van der Waals surface area contributed by atoms with Crippen LogP contribution in [0.1, 0.15) is 58.6 Å². The largest absolute Gasteiger partial charge is 0.441 e. The Morgan fingerprint density at radius 2 is 2.11 bits per heavy atom. The van der Waals surface area contributed by atoms with E-state index in [0.717, 1.165) is 42.3 Å². The lowest BCUT2D eigenvalue weighted by molar-refractivity contribution is 0.0388. The molecule has 0 N–H and O–H groups in total. The van der Waals surface area contributed by atoms with E-state index >= 15 is 0 Å². The van der Waals surface area contributed by atoms with Crippen LogP contribution in [0.25, 0.3) is 10.9 Å². The smallest absolute Gasteiger partial charge is 0.411 e. The van der Waals surface area contributed by atoms with Crippen molar-refractivity contribution in [3.63, 3.8) is 0 Å². The number of rotatable bonds is 7. The van der Waals surface area contributed by atoms with E-state index in [4.69, 9.17) is 9.47 Å². The van der Waals surface area contributed by atoms with Crippen LogP contribution in [0.2, 0.25) is 0 Å². The van der Waals surface area contributed by atoms with Crippen LogP contribution in [0, 0.1) is 0 Å². The summed E-state index contributed by atoms with van der Waals surface area (Å²) in [6.45, 7) is 9.61. The van der Waals surface area contributed by atoms with Gasteiger partial charge in [-0.15, -0.1) is 0 Å². The van der Waals surface area contributed by atoms with Crippen LogP contribution in [-0.4, -0.2) is 46.1 Å². The molecule has 0 aliphatic heterocycles. The number of carbonyl (C=O) groups is 1. The molecule has 6 nitrogen and oxygen atoms in total. The first kappa shape index (κ1) is 19.7. The molecule has 6 heteroatoms. The number of benzene rings is 1. The fraction of sp³-hybridized carbons (Fsp3) is 0.619. The maximum absolute atomic E-state index is 12.8. The Labute approximate surface area is 161 Å². The zero-order valence-electron chi connectivity index (χ0n) is 17.1. The van der Waals surface area contributed by atoms with Crippen molar-refractivity contribution < 1.29 is 14.3 Å². The number of nitrogens with zero attached hydrogens (tertiary/aromatic N) is 3. The molecule has 148 valence electrons. The molecule has 1 fully saturated rings. The van der Waals surface area contributed by atoms with Gasteiger partial charge in [0.25, 0.3) is 0 Å². The summed E-state index contributed by atoms with van der Waals surface area (Å²) in [5.41, 5.74) is 1.80. The summed E-state index contributed by atoms with van der Waals surface area (Å²) >= 11 is 0. The van der Waals surface area contributed by atoms with E-state index in [0.29, 0.717) is 12.6 Å². The summed E-state index contributed by atoms with van der Waals surface area (Å²) in [4.78, 5) is 14.7. The highest BCUT2D eigenvalue weighted by molar-refractivity contribution is 5.79. The molecule has 27 heavy (non-hydrogen) atoms. The first-order valence-electron chi connectivity index (χ1n) is 9.75. The summed E-state index contributed by atoms with van der Waals surface area (Å²) in [5.74, 6) is 0. The van der Waals surface area contributed by atoms with Gasteiger partial charge in [-0.25, -0.2) is 4.79 Å². The third-order valence-corrected chi connectivity index (χ3v) is 4.97. The topological polar surface area (TPSA) is 56.6 Å². The molecule has 1 aliphatic rings. The average Bonchev–Trinajstić information content (AvgIpc) is 3.33. The van der Waals surface area contributed by atoms with Crippen LogP contribution in [-0.2, 0) is 16.0 Å². The highest BCUT2D eigenvalue weighted by Crippen LogP contribution is 2.34. The van der Waals surface area contributed by atoms with E-state index < -0.39 is 0 Å². The lowest BCUT2D eigenvalue weighted by Gasteiger charge is -2.35. The molecule has 0 radical (unpaired) electrons. The Kier molecular flexibility index (Phi) is 5.75. The quantitative estimate of drug-likeness (QED) is 0.669. The highest BCUT2D eigenvalue weighted by Gasteiger charge is 2.40. The molecule has 0 bridgehead atoms. The SMILES string of the molecule is COCCCn1ncc2ccc(C(C)OC(=O)N(C3CC3)C(C)(C)C)cc21. The maximum atomic E-state index is 12.8. The van der Waals surface area contributed by atoms with Crippen molar-refractivity contribution in [1.82, 2.24) is 14.7 Å². The molecule has 1 amide bonds. The number of aromatic nitrogens is 2. The molecule has 1 aromatic heterocycles. The fourth-order valence-corrected chi connectivity index (χ4v) is 3.46. The standard InChI is InChI=1S/C21H31N3O3/c1-15(27-20(25)24(18-9-10-18)21(2,3)4)16-7-8-17-14-22-23(19(17)13-16)11-6-12-26-5/h7-8,13-15,18H,6,9-12H2,1-5H3. The molecule has 0 saturated heterocycles. The van der Waals surface area contributed by atoms with E-state index in [1.165, 1.54) is 0 Å².